The molecular formula is C19H23N3O. The van der Waals surface area contributed by atoms with Gasteiger partial charge in [-0.25, -0.2) is 0 Å². The minimum Gasteiger partial charge on any atom is -0.393 e. The van der Waals surface area contributed by atoms with E-state index in [9.17, 15) is 10.4 Å². The number of benzene rings is 1. The Hall–Kier alpha value is -1.86. The number of aliphatic hydroxyl groups excluding tert-OH is 1. The predicted molar refractivity (Wildman–Crippen MR) is 88.9 cm³/mol. The maximum atomic E-state index is 10.1. The van der Waals surface area contributed by atoms with Gasteiger partial charge in [-0.05, 0) is 67.7 Å². The number of nitrogens with zero attached hydrogens (tertiary/aromatic N) is 3. The standard InChI is InChI=1S/C19H23N3O/c1-22-18-10-13-3-2-4-15-11-16(23)5-6-19(15,7-8-20)17(13)9-14(18)12-21-22/h9-10,12,15-16,23H,2-7,11H2,1H3/t15?,16?,19-/m0/s1. The molecule has 4 rings (SSSR count). The fraction of sp³-hybridized carbons (Fsp3) is 0.579. The molecule has 0 bridgehead atoms. The van der Waals surface area contributed by atoms with E-state index in [2.05, 4.69) is 23.3 Å². The molecule has 0 saturated heterocycles. The first-order chi connectivity index (χ1) is 11.1. The van der Waals surface area contributed by atoms with Gasteiger partial charge in [-0.15, -0.1) is 0 Å². The highest BCUT2D eigenvalue weighted by Gasteiger charge is 2.46. The third-order valence-corrected chi connectivity index (χ3v) is 6.16. The Kier molecular flexibility index (Phi) is 3.42. The first-order valence-corrected chi connectivity index (χ1v) is 8.64. The van der Waals surface area contributed by atoms with Crippen molar-refractivity contribution in [2.45, 2.75) is 56.5 Å². The van der Waals surface area contributed by atoms with Gasteiger partial charge in [-0.2, -0.15) is 10.4 Å². The summed E-state index contributed by atoms with van der Waals surface area (Å²) in [6.45, 7) is 0. The minimum absolute atomic E-state index is 0.0795. The summed E-state index contributed by atoms with van der Waals surface area (Å²) in [5, 5.41) is 25.2. The van der Waals surface area contributed by atoms with Crippen molar-refractivity contribution >= 4 is 10.9 Å². The maximum absolute atomic E-state index is 10.1. The lowest BCUT2D eigenvalue weighted by Gasteiger charge is -2.45. The molecule has 3 atom stereocenters. The van der Waals surface area contributed by atoms with E-state index in [1.165, 1.54) is 16.6 Å². The summed E-state index contributed by atoms with van der Waals surface area (Å²) in [6, 6.07) is 7.03. The molecule has 0 spiro atoms. The Morgan fingerprint density at radius 1 is 1.43 bits per heavy atom. The zero-order valence-corrected chi connectivity index (χ0v) is 13.6. The minimum atomic E-state index is -0.199. The summed E-state index contributed by atoms with van der Waals surface area (Å²) in [6.07, 6.45) is 8.17. The van der Waals surface area contributed by atoms with Gasteiger partial charge in [0.2, 0.25) is 0 Å². The summed E-state index contributed by atoms with van der Waals surface area (Å²) < 4.78 is 1.93. The van der Waals surface area contributed by atoms with Crippen molar-refractivity contribution in [2.75, 3.05) is 0 Å². The zero-order chi connectivity index (χ0) is 16.0. The van der Waals surface area contributed by atoms with Gasteiger partial charge < -0.3 is 5.11 Å². The number of hydrogen-bond acceptors (Lipinski definition) is 3. The van der Waals surface area contributed by atoms with Gasteiger partial charge >= 0.3 is 0 Å². The average molecular weight is 309 g/mol. The summed E-state index contributed by atoms with van der Waals surface area (Å²) in [4.78, 5) is 0. The van der Waals surface area contributed by atoms with Crippen molar-refractivity contribution in [3.8, 4) is 6.07 Å². The highest BCUT2D eigenvalue weighted by molar-refractivity contribution is 5.81. The predicted octanol–water partition coefficient (Wildman–Crippen LogP) is 3.22. The summed E-state index contributed by atoms with van der Waals surface area (Å²) in [7, 11) is 1.98. The van der Waals surface area contributed by atoms with Crippen LogP contribution in [0.25, 0.3) is 10.9 Å². The van der Waals surface area contributed by atoms with Crippen LogP contribution >= 0.6 is 0 Å². The smallest absolute Gasteiger partial charge is 0.0682 e. The van der Waals surface area contributed by atoms with Crippen molar-refractivity contribution in [1.82, 2.24) is 9.78 Å². The Morgan fingerprint density at radius 2 is 2.30 bits per heavy atom. The Balaban J connectivity index is 1.93. The number of aliphatic hydroxyl groups is 1. The monoisotopic (exact) mass is 309 g/mol. The molecule has 1 fully saturated rings. The molecule has 1 aromatic heterocycles. The van der Waals surface area contributed by atoms with E-state index in [0.717, 1.165) is 43.9 Å². The van der Waals surface area contributed by atoms with Gasteiger partial charge in [0.25, 0.3) is 0 Å². The van der Waals surface area contributed by atoms with Gasteiger partial charge in [-0.3, -0.25) is 4.68 Å². The molecule has 4 nitrogen and oxygen atoms in total. The second kappa shape index (κ2) is 5.35. The molecule has 1 N–H and O–H groups in total. The van der Waals surface area contributed by atoms with Crippen molar-refractivity contribution in [3.05, 3.63) is 29.5 Å². The van der Waals surface area contributed by atoms with E-state index in [1.807, 2.05) is 17.9 Å². The summed E-state index contributed by atoms with van der Waals surface area (Å²) >= 11 is 0. The van der Waals surface area contributed by atoms with E-state index in [1.54, 1.807) is 0 Å². The zero-order valence-electron chi connectivity index (χ0n) is 13.6. The molecule has 1 aromatic carbocycles. The number of rotatable bonds is 1. The molecule has 1 saturated carbocycles. The van der Waals surface area contributed by atoms with Crippen LogP contribution in [0.5, 0.6) is 0 Å². The van der Waals surface area contributed by atoms with E-state index < -0.39 is 0 Å². The maximum Gasteiger partial charge on any atom is 0.0682 e. The number of hydrogen-bond donors (Lipinski definition) is 1. The van der Waals surface area contributed by atoms with Crippen LogP contribution in [-0.2, 0) is 18.9 Å². The Bertz CT molecular complexity index is 788. The number of aromatic nitrogens is 2. The van der Waals surface area contributed by atoms with E-state index >= 15 is 0 Å². The summed E-state index contributed by atoms with van der Waals surface area (Å²) in [5.41, 5.74) is 3.83. The van der Waals surface area contributed by atoms with Crippen LogP contribution < -0.4 is 0 Å². The molecule has 2 aliphatic carbocycles. The molecule has 4 heteroatoms. The summed E-state index contributed by atoms with van der Waals surface area (Å²) in [5.74, 6) is 0.418. The lowest BCUT2D eigenvalue weighted by atomic mass is 9.59. The highest BCUT2D eigenvalue weighted by atomic mass is 16.3. The van der Waals surface area contributed by atoms with Gasteiger partial charge in [0.1, 0.15) is 0 Å². The molecule has 120 valence electrons. The molecule has 2 unspecified atom stereocenters. The van der Waals surface area contributed by atoms with E-state index in [-0.39, 0.29) is 11.5 Å². The average Bonchev–Trinajstić information content (AvgIpc) is 2.82. The quantitative estimate of drug-likeness (QED) is 0.879. The molecule has 0 radical (unpaired) electrons. The molecular weight excluding hydrogens is 286 g/mol. The second-order valence-corrected chi connectivity index (χ2v) is 7.34. The molecule has 0 amide bonds. The van der Waals surface area contributed by atoms with Crippen LogP contribution in [0.15, 0.2) is 18.3 Å². The van der Waals surface area contributed by atoms with Crippen LogP contribution in [0.4, 0.5) is 0 Å². The third-order valence-electron chi connectivity index (χ3n) is 6.16. The number of nitriles is 1. The van der Waals surface area contributed by atoms with Crippen molar-refractivity contribution in [2.24, 2.45) is 13.0 Å². The SMILES string of the molecule is Cn1ncc2cc3c(cc21)CCCC1CC(O)CC[C@@]31CC#N. The van der Waals surface area contributed by atoms with Gasteiger partial charge in [0, 0.05) is 24.3 Å². The lowest BCUT2D eigenvalue weighted by molar-refractivity contribution is 0.0486. The third kappa shape index (κ3) is 2.18. The number of fused-ring (bicyclic) bond motifs is 4. The molecule has 0 aliphatic heterocycles. The first kappa shape index (κ1) is 14.7. The Labute approximate surface area is 136 Å². The largest absolute Gasteiger partial charge is 0.393 e. The molecule has 1 heterocycles. The van der Waals surface area contributed by atoms with Gasteiger partial charge in [0.15, 0.2) is 0 Å². The van der Waals surface area contributed by atoms with Crippen LogP contribution in [0.3, 0.4) is 0 Å². The van der Waals surface area contributed by atoms with E-state index in [0.29, 0.717) is 12.3 Å². The van der Waals surface area contributed by atoms with Crippen LogP contribution in [0.1, 0.15) is 49.7 Å². The van der Waals surface area contributed by atoms with Crippen molar-refractivity contribution in [1.29, 1.82) is 5.26 Å². The fourth-order valence-corrected chi connectivity index (χ4v) is 4.97. The first-order valence-electron chi connectivity index (χ1n) is 8.64. The molecule has 2 aliphatic rings. The normalized spacial score (nSPS) is 30.3. The molecule has 23 heavy (non-hydrogen) atoms. The van der Waals surface area contributed by atoms with E-state index in [4.69, 9.17) is 0 Å². The number of aryl methyl sites for hydroxylation is 2. The van der Waals surface area contributed by atoms with Crippen LogP contribution in [-0.4, -0.2) is 21.0 Å². The van der Waals surface area contributed by atoms with Crippen LogP contribution in [0, 0.1) is 17.2 Å². The highest BCUT2D eigenvalue weighted by Crippen LogP contribution is 2.51. The Morgan fingerprint density at radius 3 is 3.13 bits per heavy atom. The van der Waals surface area contributed by atoms with Crippen LogP contribution in [0.2, 0.25) is 0 Å². The second-order valence-electron chi connectivity index (χ2n) is 7.34. The molecule has 2 aromatic rings. The lowest BCUT2D eigenvalue weighted by Crippen LogP contribution is -2.41. The van der Waals surface area contributed by atoms with Crippen molar-refractivity contribution in [3.63, 3.8) is 0 Å². The van der Waals surface area contributed by atoms with Gasteiger partial charge in [-0.1, -0.05) is 0 Å². The topological polar surface area (TPSA) is 61.8 Å². The van der Waals surface area contributed by atoms with Crippen molar-refractivity contribution < 1.29 is 5.11 Å². The van der Waals surface area contributed by atoms with Gasteiger partial charge in [0.05, 0.1) is 23.9 Å². The fourth-order valence-electron chi connectivity index (χ4n) is 4.97.